The number of anilines is 1. The van der Waals surface area contributed by atoms with Crippen molar-refractivity contribution >= 4 is 33.0 Å². The Kier molecular flexibility index (Phi) is 4.36. The van der Waals surface area contributed by atoms with Crippen LogP contribution in [0, 0.1) is 0 Å². The van der Waals surface area contributed by atoms with Crippen molar-refractivity contribution in [2.75, 3.05) is 18.0 Å². The number of hydrogen-bond acceptors (Lipinski definition) is 4. The molecule has 1 aromatic carbocycles. The third kappa shape index (κ3) is 3.61. The van der Waals surface area contributed by atoms with Crippen LogP contribution in [-0.2, 0) is 14.6 Å². The van der Waals surface area contributed by atoms with Gasteiger partial charge < -0.3 is 11.1 Å². The van der Waals surface area contributed by atoms with Gasteiger partial charge in [0.15, 0.2) is 9.84 Å². The molecule has 7 heteroatoms. The van der Waals surface area contributed by atoms with Crippen LogP contribution in [0.5, 0.6) is 0 Å². The van der Waals surface area contributed by atoms with Gasteiger partial charge in [0.05, 0.1) is 10.6 Å². The van der Waals surface area contributed by atoms with E-state index in [1.165, 1.54) is 18.2 Å². The minimum atomic E-state index is -3.72. The third-order valence-corrected chi connectivity index (χ3v) is 3.92. The number of sulfone groups is 1. The van der Waals surface area contributed by atoms with Gasteiger partial charge in [0, 0.05) is 11.6 Å². The molecule has 0 fully saturated rings. The lowest BCUT2D eigenvalue weighted by Gasteiger charge is -2.07. The number of nitrogens with one attached hydrogen (secondary N) is 1. The van der Waals surface area contributed by atoms with Crippen LogP contribution in [0.3, 0.4) is 0 Å². The molecule has 0 aliphatic heterocycles. The van der Waals surface area contributed by atoms with E-state index in [1.807, 2.05) is 0 Å². The SMILES string of the molecule is CCNC(=O)CS(=O)(=O)c1ccc(Cl)cc1N. The number of hydrogen-bond donors (Lipinski definition) is 2. The van der Waals surface area contributed by atoms with Gasteiger partial charge in [-0.05, 0) is 25.1 Å². The number of rotatable bonds is 4. The zero-order valence-electron chi connectivity index (χ0n) is 9.23. The first-order valence-electron chi connectivity index (χ1n) is 4.91. The number of carbonyl (C=O) groups excluding carboxylic acids is 1. The lowest BCUT2D eigenvalue weighted by molar-refractivity contribution is -0.118. The minimum absolute atomic E-state index is 0.0433. The molecule has 0 bridgehead atoms. The average Bonchev–Trinajstić information content (AvgIpc) is 2.15. The van der Waals surface area contributed by atoms with E-state index in [9.17, 15) is 13.2 Å². The molecule has 0 atom stereocenters. The van der Waals surface area contributed by atoms with Crippen molar-refractivity contribution in [2.24, 2.45) is 0 Å². The lowest BCUT2D eigenvalue weighted by atomic mass is 10.3. The zero-order valence-corrected chi connectivity index (χ0v) is 10.8. The Morgan fingerprint density at radius 2 is 2.12 bits per heavy atom. The topological polar surface area (TPSA) is 89.3 Å². The summed E-state index contributed by atoms with van der Waals surface area (Å²) in [5.41, 5.74) is 5.61. The van der Waals surface area contributed by atoms with Gasteiger partial charge in [0.1, 0.15) is 5.75 Å². The zero-order chi connectivity index (χ0) is 13.1. The maximum atomic E-state index is 11.9. The Labute approximate surface area is 105 Å². The summed E-state index contributed by atoms with van der Waals surface area (Å²) in [5, 5.41) is 2.76. The Bertz CT molecular complexity index is 528. The van der Waals surface area contributed by atoms with Crippen molar-refractivity contribution in [1.29, 1.82) is 0 Å². The highest BCUT2D eigenvalue weighted by atomic mass is 35.5. The van der Waals surface area contributed by atoms with Gasteiger partial charge in [0.25, 0.3) is 0 Å². The summed E-state index contributed by atoms with van der Waals surface area (Å²) in [5.74, 6) is -1.17. The van der Waals surface area contributed by atoms with Crippen molar-refractivity contribution in [3.8, 4) is 0 Å². The molecule has 0 unspecified atom stereocenters. The summed E-state index contributed by atoms with van der Waals surface area (Å²) in [7, 11) is -3.72. The summed E-state index contributed by atoms with van der Waals surface area (Å²) < 4.78 is 23.7. The maximum Gasteiger partial charge on any atom is 0.235 e. The van der Waals surface area contributed by atoms with Gasteiger partial charge in [-0.25, -0.2) is 8.42 Å². The molecule has 0 spiro atoms. The van der Waals surface area contributed by atoms with E-state index in [2.05, 4.69) is 5.32 Å². The number of nitrogens with two attached hydrogens (primary N) is 1. The van der Waals surface area contributed by atoms with Gasteiger partial charge in [-0.15, -0.1) is 0 Å². The number of halogens is 1. The maximum absolute atomic E-state index is 11.9. The van der Waals surface area contributed by atoms with Crippen molar-refractivity contribution in [2.45, 2.75) is 11.8 Å². The normalized spacial score (nSPS) is 11.2. The van der Waals surface area contributed by atoms with Crippen LogP contribution in [0.2, 0.25) is 5.02 Å². The Balaban J connectivity index is 3.01. The highest BCUT2D eigenvalue weighted by Crippen LogP contribution is 2.23. The van der Waals surface area contributed by atoms with E-state index in [0.29, 0.717) is 11.6 Å². The highest BCUT2D eigenvalue weighted by molar-refractivity contribution is 7.92. The second kappa shape index (κ2) is 5.37. The molecule has 0 radical (unpaired) electrons. The average molecular weight is 277 g/mol. The Hall–Kier alpha value is -1.27. The molecule has 1 aromatic rings. The molecular weight excluding hydrogens is 264 g/mol. The van der Waals surface area contributed by atoms with E-state index in [1.54, 1.807) is 6.92 Å². The quantitative estimate of drug-likeness (QED) is 0.797. The van der Waals surface area contributed by atoms with Crippen LogP contribution in [0.25, 0.3) is 0 Å². The first-order chi connectivity index (χ1) is 7.86. The van der Waals surface area contributed by atoms with Gasteiger partial charge in [-0.2, -0.15) is 0 Å². The second-order valence-corrected chi connectivity index (χ2v) is 5.79. The van der Waals surface area contributed by atoms with Gasteiger partial charge in [-0.3, -0.25) is 4.79 Å². The molecule has 0 aromatic heterocycles. The highest BCUT2D eigenvalue weighted by Gasteiger charge is 2.21. The van der Waals surface area contributed by atoms with Crippen LogP contribution in [0.4, 0.5) is 5.69 Å². The number of carbonyl (C=O) groups is 1. The standard InChI is InChI=1S/C10H13ClN2O3S/c1-2-13-10(14)6-17(15,16)9-4-3-7(11)5-8(9)12/h3-5H,2,6,12H2,1H3,(H,13,14). The molecule has 94 valence electrons. The van der Waals surface area contributed by atoms with Crippen molar-refractivity contribution in [1.82, 2.24) is 5.32 Å². The van der Waals surface area contributed by atoms with E-state index in [-0.39, 0.29) is 10.6 Å². The van der Waals surface area contributed by atoms with Crippen LogP contribution in [-0.4, -0.2) is 26.6 Å². The molecule has 0 aliphatic carbocycles. The molecule has 3 N–H and O–H groups in total. The summed E-state index contributed by atoms with van der Waals surface area (Å²) in [6, 6.07) is 4.06. The van der Waals surface area contributed by atoms with Gasteiger partial charge in [-0.1, -0.05) is 11.6 Å². The first-order valence-corrected chi connectivity index (χ1v) is 6.94. The number of benzene rings is 1. The van der Waals surface area contributed by atoms with Crippen molar-refractivity contribution in [3.63, 3.8) is 0 Å². The molecule has 1 rings (SSSR count). The van der Waals surface area contributed by atoms with Crippen LogP contribution in [0.15, 0.2) is 23.1 Å². The second-order valence-electron chi connectivity index (χ2n) is 3.39. The lowest BCUT2D eigenvalue weighted by Crippen LogP contribution is -2.30. The molecule has 5 nitrogen and oxygen atoms in total. The Morgan fingerprint density at radius 3 is 2.65 bits per heavy atom. The van der Waals surface area contributed by atoms with Crippen LogP contribution < -0.4 is 11.1 Å². The van der Waals surface area contributed by atoms with E-state index in [0.717, 1.165) is 0 Å². The molecule has 1 amide bonds. The molecule has 0 saturated heterocycles. The Morgan fingerprint density at radius 1 is 1.47 bits per heavy atom. The summed E-state index contributed by atoms with van der Waals surface area (Å²) in [6.07, 6.45) is 0. The number of nitrogen functional groups attached to an aromatic ring is 1. The first kappa shape index (κ1) is 13.8. The van der Waals surface area contributed by atoms with Gasteiger partial charge >= 0.3 is 0 Å². The molecular formula is C10H13ClN2O3S. The predicted molar refractivity (Wildman–Crippen MR) is 66.6 cm³/mol. The molecule has 17 heavy (non-hydrogen) atoms. The fraction of sp³-hybridized carbons (Fsp3) is 0.300. The van der Waals surface area contributed by atoms with E-state index >= 15 is 0 Å². The van der Waals surface area contributed by atoms with Crippen molar-refractivity contribution < 1.29 is 13.2 Å². The summed E-state index contributed by atoms with van der Waals surface area (Å²) >= 11 is 5.67. The number of amides is 1. The predicted octanol–water partition coefficient (Wildman–Crippen LogP) is 0.832. The monoisotopic (exact) mass is 276 g/mol. The third-order valence-electron chi connectivity index (χ3n) is 2.00. The minimum Gasteiger partial charge on any atom is -0.398 e. The summed E-state index contributed by atoms with van der Waals surface area (Å²) in [6.45, 7) is 2.09. The van der Waals surface area contributed by atoms with Gasteiger partial charge in [0.2, 0.25) is 5.91 Å². The van der Waals surface area contributed by atoms with Crippen LogP contribution >= 0.6 is 11.6 Å². The molecule has 0 aliphatic rings. The largest absolute Gasteiger partial charge is 0.398 e. The van der Waals surface area contributed by atoms with Crippen LogP contribution in [0.1, 0.15) is 6.92 Å². The fourth-order valence-electron chi connectivity index (χ4n) is 1.30. The summed E-state index contributed by atoms with van der Waals surface area (Å²) in [4.78, 5) is 11.2. The molecule has 0 saturated carbocycles. The van der Waals surface area contributed by atoms with E-state index < -0.39 is 21.5 Å². The van der Waals surface area contributed by atoms with Crippen molar-refractivity contribution in [3.05, 3.63) is 23.2 Å². The smallest absolute Gasteiger partial charge is 0.235 e. The fourth-order valence-corrected chi connectivity index (χ4v) is 2.78. The molecule has 0 heterocycles. The van der Waals surface area contributed by atoms with E-state index in [4.69, 9.17) is 17.3 Å².